The van der Waals surface area contributed by atoms with Gasteiger partial charge < -0.3 is 4.90 Å². The lowest BCUT2D eigenvalue weighted by atomic mass is 9.77. The summed E-state index contributed by atoms with van der Waals surface area (Å²) in [7, 11) is 2.10. The van der Waals surface area contributed by atoms with Crippen LogP contribution < -0.4 is 5.84 Å². The van der Waals surface area contributed by atoms with E-state index in [2.05, 4.69) is 11.9 Å². The molecule has 0 aromatic heterocycles. The number of piperidine rings is 1. The van der Waals surface area contributed by atoms with Gasteiger partial charge in [0, 0.05) is 6.54 Å². The monoisotopic (exact) mass is 213 g/mol. The van der Waals surface area contributed by atoms with E-state index in [4.69, 9.17) is 5.84 Å². The van der Waals surface area contributed by atoms with Crippen LogP contribution in [-0.4, -0.2) is 42.5 Å². The Labute approximate surface area is 92.4 Å². The minimum Gasteiger partial charge on any atom is -0.306 e. The van der Waals surface area contributed by atoms with Crippen molar-refractivity contribution in [2.45, 2.75) is 33.1 Å². The normalized spacial score (nSPS) is 25.3. The molecule has 2 aliphatic heterocycles. The third-order valence-corrected chi connectivity index (χ3v) is 3.49. The minimum absolute atomic E-state index is 0.0960. The van der Waals surface area contributed by atoms with Crippen LogP contribution in [0.4, 0.5) is 0 Å². The fourth-order valence-electron chi connectivity index (χ4n) is 2.36. The summed E-state index contributed by atoms with van der Waals surface area (Å²) in [6.45, 7) is 6.79. The number of nitrogens with two attached hydrogens (primary N) is 1. The molecular weight excluding hydrogens is 190 g/mol. The number of hydrogen-bond acceptors (Lipinski definition) is 3. The van der Waals surface area contributed by atoms with Crippen LogP contribution in [0.3, 0.4) is 0 Å². The van der Waals surface area contributed by atoms with E-state index in [1.54, 1.807) is 0 Å². The summed E-state index contributed by atoms with van der Waals surface area (Å²) < 4.78 is 0. The highest BCUT2D eigenvalue weighted by atomic mass is 16.2. The molecule has 0 saturated carbocycles. The first kappa shape index (κ1) is 12.5. The van der Waals surface area contributed by atoms with Gasteiger partial charge >= 0.3 is 0 Å². The van der Waals surface area contributed by atoms with Crippen molar-refractivity contribution >= 4 is 5.91 Å². The van der Waals surface area contributed by atoms with Crippen LogP contribution in [0.25, 0.3) is 0 Å². The predicted octanol–water partition coefficient (Wildman–Crippen LogP) is 0.831. The molecule has 4 heteroatoms. The topological polar surface area (TPSA) is 49.6 Å². The first-order valence-corrected chi connectivity index (χ1v) is 5.89. The molecule has 2 saturated heterocycles. The number of hydrogen-bond donors (Lipinski definition) is 1. The molecule has 4 nitrogen and oxygen atoms in total. The molecule has 2 fully saturated rings. The largest absolute Gasteiger partial charge is 0.306 e. The Balaban J connectivity index is 0.000000531. The first-order chi connectivity index (χ1) is 7.14. The highest BCUT2D eigenvalue weighted by molar-refractivity contribution is 5.84. The Kier molecular flexibility index (Phi) is 4.11. The van der Waals surface area contributed by atoms with E-state index in [1.807, 2.05) is 13.8 Å². The summed E-state index contributed by atoms with van der Waals surface area (Å²) in [6, 6.07) is 0. The van der Waals surface area contributed by atoms with Crippen LogP contribution in [0, 0.1) is 5.41 Å². The molecule has 88 valence electrons. The van der Waals surface area contributed by atoms with Gasteiger partial charge in [-0.25, -0.2) is 5.84 Å². The maximum Gasteiger partial charge on any atom is 0.242 e. The molecule has 1 amide bonds. The third-order valence-electron chi connectivity index (χ3n) is 3.49. The van der Waals surface area contributed by atoms with Crippen LogP contribution in [0.1, 0.15) is 33.1 Å². The van der Waals surface area contributed by atoms with Gasteiger partial charge in [-0.1, -0.05) is 13.8 Å². The van der Waals surface area contributed by atoms with Gasteiger partial charge in [-0.15, -0.1) is 0 Å². The third kappa shape index (κ3) is 2.32. The zero-order valence-corrected chi connectivity index (χ0v) is 10.1. The molecule has 2 aliphatic rings. The lowest BCUT2D eigenvalue weighted by molar-refractivity contribution is -0.138. The molecule has 0 aromatic rings. The van der Waals surface area contributed by atoms with Crippen LogP contribution in [-0.2, 0) is 4.79 Å². The van der Waals surface area contributed by atoms with Crippen molar-refractivity contribution in [2.75, 3.05) is 26.7 Å². The zero-order valence-electron chi connectivity index (χ0n) is 10.1. The van der Waals surface area contributed by atoms with Crippen molar-refractivity contribution in [1.82, 2.24) is 9.91 Å². The maximum atomic E-state index is 11.8. The van der Waals surface area contributed by atoms with Gasteiger partial charge in [0.15, 0.2) is 0 Å². The van der Waals surface area contributed by atoms with Crippen LogP contribution in [0.5, 0.6) is 0 Å². The molecule has 0 atom stereocenters. The molecule has 2 heterocycles. The number of carbonyl (C=O) groups is 1. The SMILES string of the molecule is CC.CN1CCC2(CC1)CCN(N)C2=O. The molecule has 0 bridgehead atoms. The number of nitrogens with zero attached hydrogens (tertiary/aromatic N) is 2. The van der Waals surface area contributed by atoms with Crippen LogP contribution in [0.2, 0.25) is 0 Å². The quantitative estimate of drug-likeness (QED) is 0.479. The summed E-state index contributed by atoms with van der Waals surface area (Å²) in [4.78, 5) is 14.0. The molecular formula is C11H23N3O. The van der Waals surface area contributed by atoms with E-state index >= 15 is 0 Å². The van der Waals surface area contributed by atoms with E-state index in [1.165, 1.54) is 5.01 Å². The second kappa shape index (κ2) is 4.94. The van der Waals surface area contributed by atoms with Crippen molar-refractivity contribution < 1.29 is 4.79 Å². The first-order valence-electron chi connectivity index (χ1n) is 5.89. The van der Waals surface area contributed by atoms with Crippen molar-refractivity contribution in [3.8, 4) is 0 Å². The minimum atomic E-state index is -0.0960. The Hall–Kier alpha value is -0.610. The van der Waals surface area contributed by atoms with Gasteiger partial charge in [0.1, 0.15) is 0 Å². The second-order valence-electron chi connectivity index (χ2n) is 4.33. The summed E-state index contributed by atoms with van der Waals surface area (Å²) in [5.74, 6) is 5.76. The maximum absolute atomic E-state index is 11.8. The second-order valence-corrected chi connectivity index (χ2v) is 4.33. The number of amides is 1. The van der Waals surface area contributed by atoms with E-state index < -0.39 is 0 Å². The summed E-state index contributed by atoms with van der Waals surface area (Å²) >= 11 is 0. The molecule has 0 radical (unpaired) electrons. The van der Waals surface area contributed by atoms with Gasteiger partial charge in [0.25, 0.3) is 0 Å². The highest BCUT2D eigenvalue weighted by Gasteiger charge is 2.46. The Morgan fingerprint density at radius 1 is 1.13 bits per heavy atom. The molecule has 1 spiro atoms. The highest BCUT2D eigenvalue weighted by Crippen LogP contribution is 2.39. The van der Waals surface area contributed by atoms with Crippen molar-refractivity contribution in [3.63, 3.8) is 0 Å². The number of carbonyl (C=O) groups excluding carboxylic acids is 1. The predicted molar refractivity (Wildman–Crippen MR) is 61.0 cm³/mol. The van der Waals surface area contributed by atoms with E-state index in [-0.39, 0.29) is 11.3 Å². The van der Waals surface area contributed by atoms with E-state index in [0.717, 1.165) is 38.9 Å². The van der Waals surface area contributed by atoms with E-state index in [9.17, 15) is 4.79 Å². The Morgan fingerprint density at radius 2 is 1.60 bits per heavy atom. The number of hydrazine groups is 1. The van der Waals surface area contributed by atoms with Gasteiger partial charge in [0.05, 0.1) is 5.41 Å². The number of rotatable bonds is 0. The van der Waals surface area contributed by atoms with Crippen molar-refractivity contribution in [3.05, 3.63) is 0 Å². The van der Waals surface area contributed by atoms with Gasteiger partial charge in [-0.05, 0) is 39.4 Å². The Bertz CT molecular complexity index is 222. The standard InChI is InChI=1S/C9H17N3O.C2H6/c1-11-5-2-9(3-6-11)4-7-12(10)8(9)13;1-2/h2-7,10H2,1H3;1-2H3. The zero-order chi connectivity index (χ0) is 11.5. The summed E-state index contributed by atoms with van der Waals surface area (Å²) in [5, 5.41) is 1.39. The van der Waals surface area contributed by atoms with E-state index in [0.29, 0.717) is 0 Å². The van der Waals surface area contributed by atoms with Crippen molar-refractivity contribution in [2.24, 2.45) is 11.3 Å². The molecule has 0 unspecified atom stereocenters. The van der Waals surface area contributed by atoms with Gasteiger partial charge in [0.2, 0.25) is 5.91 Å². The Morgan fingerprint density at radius 3 is 2.00 bits per heavy atom. The lowest BCUT2D eigenvalue weighted by Crippen LogP contribution is -2.44. The fraction of sp³-hybridized carbons (Fsp3) is 0.909. The van der Waals surface area contributed by atoms with Gasteiger partial charge in [-0.2, -0.15) is 0 Å². The van der Waals surface area contributed by atoms with Crippen LogP contribution >= 0.6 is 0 Å². The lowest BCUT2D eigenvalue weighted by Gasteiger charge is -2.35. The molecule has 2 N–H and O–H groups in total. The van der Waals surface area contributed by atoms with Crippen LogP contribution in [0.15, 0.2) is 0 Å². The summed E-state index contributed by atoms with van der Waals surface area (Å²) in [6.07, 6.45) is 2.92. The smallest absolute Gasteiger partial charge is 0.242 e. The molecule has 0 aliphatic carbocycles. The van der Waals surface area contributed by atoms with Gasteiger partial charge in [-0.3, -0.25) is 9.80 Å². The van der Waals surface area contributed by atoms with Crippen molar-refractivity contribution in [1.29, 1.82) is 0 Å². The molecule has 0 aromatic carbocycles. The average Bonchev–Trinajstić information content (AvgIpc) is 2.55. The average molecular weight is 213 g/mol. The fourth-order valence-corrected chi connectivity index (χ4v) is 2.36. The molecule has 2 rings (SSSR count). The summed E-state index contributed by atoms with van der Waals surface area (Å²) in [5.41, 5.74) is -0.0960. The molecule has 15 heavy (non-hydrogen) atoms. The number of likely N-dealkylation sites (tertiary alicyclic amines) is 1.